The van der Waals surface area contributed by atoms with Crippen LogP contribution >= 0.6 is 0 Å². The molecule has 0 amide bonds. The Morgan fingerprint density at radius 1 is 0.424 bits per heavy atom. The first-order valence-electron chi connectivity index (χ1n) is 20.1. The molecule has 0 saturated carbocycles. The van der Waals surface area contributed by atoms with Crippen molar-refractivity contribution in [1.82, 2.24) is 4.98 Å². The molecule has 59 heavy (non-hydrogen) atoms. The molecule has 0 unspecified atom stereocenters. The Morgan fingerprint density at radius 3 is 1.63 bits per heavy atom. The maximum atomic E-state index is 6.80. The summed E-state index contributed by atoms with van der Waals surface area (Å²) in [4.78, 5) is 9.91. The van der Waals surface area contributed by atoms with Gasteiger partial charge in [0.25, 0.3) is 0 Å². The standard InChI is InChI=1S/C54H39GeN3O/c1-5-18-39(19-6-1)46-28-16-29-47(40-20-7-2-8-21-40)54(46)58-38-57(51-31-13-14-32-52(51)58)43-26-15-27-44(36-43)59-45-33-34-49-48(37-45)53-50(30-17-35-56-53)55(49,41-22-9-3-10-23-41)42-24-11-4-12-25-42/h1-37H,38H2. The minimum absolute atomic E-state index is 0.640. The van der Waals surface area contributed by atoms with Crippen LogP contribution in [0.15, 0.2) is 225 Å². The summed E-state index contributed by atoms with van der Waals surface area (Å²) in [6.07, 6.45) is 1.92. The van der Waals surface area contributed by atoms with Gasteiger partial charge < -0.3 is 0 Å². The molecule has 3 heterocycles. The Labute approximate surface area is 347 Å². The molecule has 8 aromatic carbocycles. The van der Waals surface area contributed by atoms with Gasteiger partial charge in [-0.2, -0.15) is 0 Å². The molecule has 5 heteroatoms. The van der Waals surface area contributed by atoms with Gasteiger partial charge in [-0.1, -0.05) is 84.9 Å². The molecule has 280 valence electrons. The zero-order chi connectivity index (χ0) is 39.2. The van der Waals surface area contributed by atoms with Crippen LogP contribution < -0.4 is 32.1 Å². The predicted octanol–water partition coefficient (Wildman–Crippen LogP) is 10.8. The van der Waals surface area contributed by atoms with E-state index in [-0.39, 0.29) is 0 Å². The molecule has 0 fully saturated rings. The molecule has 0 bridgehead atoms. The number of pyridine rings is 1. The molecule has 0 aliphatic carbocycles. The van der Waals surface area contributed by atoms with E-state index >= 15 is 0 Å². The van der Waals surface area contributed by atoms with Crippen molar-refractivity contribution in [2.45, 2.75) is 0 Å². The van der Waals surface area contributed by atoms with Crippen LogP contribution in [0.4, 0.5) is 22.7 Å². The maximum absolute atomic E-state index is 6.80. The second-order valence-electron chi connectivity index (χ2n) is 15.1. The summed E-state index contributed by atoms with van der Waals surface area (Å²) in [6, 6.07) is 78.6. The van der Waals surface area contributed by atoms with Crippen molar-refractivity contribution >= 4 is 53.6 Å². The summed E-state index contributed by atoms with van der Waals surface area (Å²) in [5.74, 6) is 1.58. The molecule has 0 atom stereocenters. The predicted molar refractivity (Wildman–Crippen MR) is 246 cm³/mol. The van der Waals surface area contributed by atoms with Crippen LogP contribution in [0.3, 0.4) is 0 Å². The molecule has 1 aromatic heterocycles. The fourth-order valence-corrected chi connectivity index (χ4v) is 20.0. The first-order valence-corrected chi connectivity index (χ1v) is 24.3. The Balaban J connectivity index is 0.975. The Morgan fingerprint density at radius 2 is 0.983 bits per heavy atom. The number of aromatic nitrogens is 1. The average Bonchev–Trinajstić information content (AvgIpc) is 3.84. The van der Waals surface area contributed by atoms with Crippen LogP contribution in [0.25, 0.3) is 33.5 Å². The number of nitrogens with zero attached hydrogens (tertiary/aromatic N) is 3. The molecule has 9 aromatic rings. The summed E-state index contributed by atoms with van der Waals surface area (Å²) in [6.45, 7) is 0.640. The van der Waals surface area contributed by atoms with E-state index in [0.29, 0.717) is 6.67 Å². The smallest absolute Gasteiger partial charge is 0.0543 e. The number of hydrogen-bond donors (Lipinski definition) is 0. The van der Waals surface area contributed by atoms with E-state index in [1.54, 1.807) is 0 Å². The van der Waals surface area contributed by atoms with E-state index in [9.17, 15) is 0 Å². The summed E-state index contributed by atoms with van der Waals surface area (Å²) in [5, 5.41) is 0. The number of para-hydroxylation sites is 3. The maximum Gasteiger partial charge on any atom is -0.0543 e. The van der Waals surface area contributed by atoms with E-state index < -0.39 is 13.3 Å². The minimum Gasteiger partial charge on any atom is -0.0616 e. The number of ether oxygens (including phenoxy) is 1. The van der Waals surface area contributed by atoms with Gasteiger partial charge in [0.1, 0.15) is 0 Å². The van der Waals surface area contributed by atoms with Gasteiger partial charge in [0.05, 0.1) is 0 Å². The van der Waals surface area contributed by atoms with Crippen LogP contribution in [0.5, 0.6) is 11.5 Å². The molecule has 0 spiro atoms. The monoisotopic (exact) mass is 819 g/mol. The van der Waals surface area contributed by atoms with Crippen LogP contribution in [0.2, 0.25) is 0 Å². The first-order chi connectivity index (χ1) is 29.3. The number of anilines is 4. The van der Waals surface area contributed by atoms with Crippen molar-refractivity contribution in [3.8, 4) is 45.0 Å². The summed E-state index contributed by atoms with van der Waals surface area (Å²) in [7, 11) is 0. The second-order valence-corrected chi connectivity index (χ2v) is 22.9. The fraction of sp³-hybridized carbons (Fsp3) is 0.0185. The third-order valence-electron chi connectivity index (χ3n) is 11.9. The number of hydrogen-bond acceptors (Lipinski definition) is 4. The van der Waals surface area contributed by atoms with Crippen LogP contribution in [0, 0.1) is 0 Å². The molecule has 2 aliphatic rings. The quantitative estimate of drug-likeness (QED) is 0.143. The molecule has 11 rings (SSSR count). The van der Waals surface area contributed by atoms with Gasteiger partial charge in [-0.3, -0.25) is 0 Å². The van der Waals surface area contributed by atoms with E-state index in [2.05, 4.69) is 228 Å². The third kappa shape index (κ3) is 5.86. The number of fused-ring (bicyclic) bond motifs is 4. The Bertz CT molecular complexity index is 2860. The molecular formula is C54H39GeN3O. The molecular weight excluding hydrogens is 779 g/mol. The van der Waals surface area contributed by atoms with Crippen LogP contribution in [-0.2, 0) is 0 Å². The molecule has 0 N–H and O–H groups in total. The normalized spacial score (nSPS) is 13.4. The van der Waals surface area contributed by atoms with Crippen LogP contribution in [0.1, 0.15) is 0 Å². The summed E-state index contributed by atoms with van der Waals surface area (Å²) in [5.41, 5.74) is 11.6. The van der Waals surface area contributed by atoms with Crippen molar-refractivity contribution in [3.63, 3.8) is 0 Å². The van der Waals surface area contributed by atoms with Gasteiger partial charge in [0.15, 0.2) is 0 Å². The zero-order valence-corrected chi connectivity index (χ0v) is 34.4. The minimum atomic E-state index is -3.36. The largest absolute Gasteiger partial charge is 0.0616 e. The second kappa shape index (κ2) is 14.7. The molecule has 0 saturated heterocycles. The van der Waals surface area contributed by atoms with Gasteiger partial charge in [-0.15, -0.1) is 0 Å². The van der Waals surface area contributed by atoms with E-state index in [0.717, 1.165) is 39.8 Å². The van der Waals surface area contributed by atoms with Gasteiger partial charge in [-0.05, 0) is 11.1 Å². The fourth-order valence-electron chi connectivity index (χ4n) is 9.36. The van der Waals surface area contributed by atoms with E-state index in [1.807, 2.05) is 6.20 Å². The van der Waals surface area contributed by atoms with E-state index in [1.165, 1.54) is 45.5 Å². The van der Waals surface area contributed by atoms with E-state index in [4.69, 9.17) is 9.72 Å². The summed E-state index contributed by atoms with van der Waals surface area (Å²) >= 11 is -3.36. The third-order valence-corrected chi connectivity index (χ3v) is 22.0. The topological polar surface area (TPSA) is 28.6 Å². The Hall–Kier alpha value is -7.15. The molecule has 0 radical (unpaired) electrons. The van der Waals surface area contributed by atoms with Gasteiger partial charge in [0.2, 0.25) is 0 Å². The first kappa shape index (κ1) is 35.0. The van der Waals surface area contributed by atoms with Crippen molar-refractivity contribution in [2.75, 3.05) is 16.5 Å². The number of rotatable bonds is 8. The van der Waals surface area contributed by atoms with Crippen molar-refractivity contribution in [3.05, 3.63) is 225 Å². The zero-order valence-electron chi connectivity index (χ0n) is 32.3. The van der Waals surface area contributed by atoms with Crippen LogP contribution in [-0.4, -0.2) is 24.9 Å². The van der Waals surface area contributed by atoms with Crippen molar-refractivity contribution in [2.24, 2.45) is 0 Å². The summed E-state index contributed by atoms with van der Waals surface area (Å²) < 4.78 is 12.3. The van der Waals surface area contributed by atoms with Gasteiger partial charge >= 0.3 is 242 Å². The Kier molecular flexibility index (Phi) is 8.71. The molecule has 2 aliphatic heterocycles. The SMILES string of the molecule is c1ccc(-c2cccc(-c3ccccc3)c2N2CN(c3cccc(Oc4cc[c]5c(c4)-c4nccc[c]4[Ge]5([c]4ccccc4)[c]4ccccc4)c3)c3ccccc32)cc1. The average molecular weight is 819 g/mol. The van der Waals surface area contributed by atoms with Crippen molar-refractivity contribution < 1.29 is 4.74 Å². The van der Waals surface area contributed by atoms with Crippen molar-refractivity contribution in [1.29, 1.82) is 0 Å². The van der Waals surface area contributed by atoms with Gasteiger partial charge in [-0.25, -0.2) is 0 Å². The molecule has 4 nitrogen and oxygen atoms in total. The van der Waals surface area contributed by atoms with Gasteiger partial charge in [0, 0.05) is 11.1 Å². The number of benzene rings is 8.